The molecule has 4 heteroatoms. The van der Waals surface area contributed by atoms with E-state index < -0.39 is 11.9 Å². The quantitative estimate of drug-likeness (QED) is 0.691. The molecule has 0 unspecified atom stereocenters. The maximum Gasteiger partial charge on any atom is 0.336 e. The van der Waals surface area contributed by atoms with Gasteiger partial charge >= 0.3 is 11.9 Å². The summed E-state index contributed by atoms with van der Waals surface area (Å²) in [6.07, 6.45) is 0. The lowest BCUT2D eigenvalue weighted by Gasteiger charge is -1.98. The molecule has 0 amide bonds. The van der Waals surface area contributed by atoms with E-state index in [0.717, 1.165) is 0 Å². The molecule has 1 aromatic carbocycles. The lowest BCUT2D eigenvalue weighted by atomic mass is 10.1. The van der Waals surface area contributed by atoms with Gasteiger partial charge in [-0.2, -0.15) is 0 Å². The molecule has 0 aliphatic carbocycles. The zero-order valence-corrected chi connectivity index (χ0v) is 5.98. The van der Waals surface area contributed by atoms with E-state index in [1.165, 1.54) is 24.3 Å². The van der Waals surface area contributed by atoms with Crippen LogP contribution in [0.15, 0.2) is 24.3 Å². The van der Waals surface area contributed by atoms with E-state index in [0.29, 0.717) is 0 Å². The number of carboxylic acids is 2. The molecule has 4 nitrogen and oxygen atoms in total. The van der Waals surface area contributed by atoms with Gasteiger partial charge < -0.3 is 10.2 Å². The summed E-state index contributed by atoms with van der Waals surface area (Å²) < 4.78 is 6.34. The Bertz CT molecular complexity index is 348. The van der Waals surface area contributed by atoms with Crippen LogP contribution >= 0.6 is 0 Å². The van der Waals surface area contributed by atoms with E-state index in [9.17, 15) is 9.59 Å². The third kappa shape index (κ3) is 1.42. The lowest BCUT2D eigenvalue weighted by molar-refractivity contribution is 0.0651. The molecular weight excluding hydrogens is 160 g/mol. The molecule has 0 spiro atoms. The predicted octanol–water partition coefficient (Wildman–Crippen LogP) is 1.08. The third-order valence-corrected chi connectivity index (χ3v) is 1.38. The molecule has 0 aromatic heterocycles. The number of hydrogen-bond donors (Lipinski definition) is 2. The second-order valence-electron chi connectivity index (χ2n) is 2.14. The van der Waals surface area contributed by atoms with E-state index in [1.807, 2.05) is 0 Å². The predicted molar refractivity (Wildman–Crippen MR) is 40.4 cm³/mol. The summed E-state index contributed by atoms with van der Waals surface area (Å²) in [6, 6.07) is 5.55. The van der Waals surface area contributed by atoms with E-state index in [4.69, 9.17) is 6.54 Å². The molecule has 0 radical (unpaired) electrons. The Morgan fingerprint density at radius 3 is 2.08 bits per heavy atom. The summed E-state index contributed by atoms with van der Waals surface area (Å²) in [6.45, 7) is 0. The highest BCUT2D eigenvalue weighted by Gasteiger charge is 2.13. The zero-order chi connectivity index (χ0) is 9.84. The van der Waals surface area contributed by atoms with Gasteiger partial charge in [0.15, 0.2) is 0 Å². The van der Waals surface area contributed by atoms with Crippen LogP contribution in [0.3, 0.4) is 0 Å². The van der Waals surface area contributed by atoms with Crippen molar-refractivity contribution >= 4 is 11.9 Å². The van der Waals surface area contributed by atoms with E-state index in [1.54, 1.807) is 0 Å². The average Bonchev–Trinajstić information content (AvgIpc) is 2.16. The number of hydrogen-bond acceptors (Lipinski definition) is 3. The zero-order valence-electron chi connectivity index (χ0n) is 6.98. The molecule has 0 atom stereocenters. The van der Waals surface area contributed by atoms with Crippen LogP contribution in [0.1, 0.15) is 20.7 Å². The molecule has 0 fully saturated rings. The van der Waals surface area contributed by atoms with Crippen molar-refractivity contribution in [2.75, 3.05) is 0 Å². The number of aromatic carboxylic acids is 2. The molecule has 2 N–H and O–H groups in total. The van der Waals surface area contributed by atoms with Gasteiger partial charge in [-0.15, -0.1) is 0 Å². The van der Waals surface area contributed by atoms with Gasteiger partial charge in [0.25, 0.3) is 1.43 Å². The highest BCUT2D eigenvalue weighted by atomic mass is 16.4. The van der Waals surface area contributed by atoms with Crippen LogP contribution in [0, 0.1) is 0 Å². The Balaban J connectivity index is 3.19. The topological polar surface area (TPSA) is 74.6 Å². The van der Waals surface area contributed by atoms with Crippen molar-refractivity contribution in [1.29, 1.82) is 1.43 Å². The molecule has 1 rings (SSSR count). The Morgan fingerprint density at radius 1 is 1.17 bits per heavy atom. The summed E-state index contributed by atoms with van der Waals surface area (Å²) in [5.41, 5.74) is -0.287. The smallest absolute Gasteiger partial charge is 0.336 e. The summed E-state index contributed by atoms with van der Waals surface area (Å²) in [5.74, 6) is -2.20. The largest absolute Gasteiger partial charge is 0.478 e. The maximum atomic E-state index is 10.9. The minimum atomic E-state index is -1.22. The van der Waals surface area contributed by atoms with Crippen LogP contribution in [0.25, 0.3) is 1.43 Å². The standard InChI is InChI=1S/C8H6O4/c9-7(10)5-3-1-2-4-6(5)8(11)12/h1-4H,(H,9,10)(H,11,12)/i/hD. The molecule has 12 heavy (non-hydrogen) atoms. The van der Waals surface area contributed by atoms with Gasteiger partial charge in [-0.05, 0) is 12.1 Å². The Morgan fingerprint density at radius 2 is 1.67 bits per heavy atom. The molecule has 0 saturated carbocycles. The summed E-state index contributed by atoms with van der Waals surface area (Å²) >= 11 is 0. The number of benzene rings is 1. The van der Waals surface area contributed by atoms with Crippen molar-refractivity contribution in [3.05, 3.63) is 35.4 Å². The van der Waals surface area contributed by atoms with Crippen LogP contribution in [0.5, 0.6) is 0 Å². The van der Waals surface area contributed by atoms with Crippen LogP contribution < -0.4 is 0 Å². The van der Waals surface area contributed by atoms with Crippen molar-refractivity contribution in [2.24, 2.45) is 0 Å². The van der Waals surface area contributed by atoms with E-state index in [2.05, 4.69) is 5.11 Å². The minimum absolute atomic E-state index is 0.120. The first kappa shape index (κ1) is 6.84. The van der Waals surface area contributed by atoms with E-state index >= 15 is 0 Å². The van der Waals surface area contributed by atoms with Crippen molar-refractivity contribution in [2.45, 2.75) is 0 Å². The van der Waals surface area contributed by atoms with Crippen LogP contribution in [-0.4, -0.2) is 22.2 Å². The monoisotopic (exact) mass is 167 g/mol. The molecule has 0 heterocycles. The van der Waals surface area contributed by atoms with Crippen molar-refractivity contribution in [1.82, 2.24) is 0 Å². The van der Waals surface area contributed by atoms with Crippen LogP contribution in [-0.2, 0) is 0 Å². The molecule has 62 valence electrons. The van der Waals surface area contributed by atoms with Gasteiger partial charge in [0.05, 0.1) is 11.1 Å². The Kier molecular flexibility index (Phi) is 1.74. The summed E-state index contributed by atoms with van der Waals surface area (Å²) in [5, 5.41) is 12.3. The van der Waals surface area contributed by atoms with E-state index in [-0.39, 0.29) is 11.1 Å². The second kappa shape index (κ2) is 3.04. The molecule has 0 bridgehead atoms. The van der Waals surface area contributed by atoms with Crippen LogP contribution in [0.4, 0.5) is 0 Å². The number of rotatable bonds is 2. The maximum absolute atomic E-state index is 10.9. The van der Waals surface area contributed by atoms with Crippen molar-refractivity contribution in [3.8, 4) is 0 Å². The average molecular weight is 167 g/mol. The molecular formula is C8H6O4. The minimum Gasteiger partial charge on any atom is -0.478 e. The Labute approximate surface area is 69.6 Å². The number of carboxylic acid groups (broad SMARTS) is 2. The first-order valence-corrected chi connectivity index (χ1v) is 3.16. The summed E-state index contributed by atoms with van der Waals surface area (Å²) in [7, 11) is 0. The van der Waals surface area contributed by atoms with Gasteiger partial charge in [-0.25, -0.2) is 9.59 Å². The third-order valence-electron chi connectivity index (χ3n) is 1.38. The molecule has 0 aliphatic rings. The van der Waals surface area contributed by atoms with Crippen molar-refractivity contribution in [3.63, 3.8) is 0 Å². The fourth-order valence-electron chi connectivity index (χ4n) is 0.848. The summed E-state index contributed by atoms with van der Waals surface area (Å²) in [4.78, 5) is 21.4. The first-order chi connectivity index (χ1) is 6.16. The SMILES string of the molecule is [2H]OC(=O)c1ccccc1C(=O)O. The normalized spacial score (nSPS) is 10.2. The lowest BCUT2D eigenvalue weighted by Crippen LogP contribution is -2.06. The molecule has 0 saturated heterocycles. The van der Waals surface area contributed by atoms with Gasteiger partial charge in [-0.3, -0.25) is 0 Å². The van der Waals surface area contributed by atoms with Crippen molar-refractivity contribution < 1.29 is 19.8 Å². The molecule has 1 aromatic rings. The van der Waals surface area contributed by atoms with Gasteiger partial charge in [0.2, 0.25) is 0 Å². The Hall–Kier alpha value is -1.84. The highest BCUT2D eigenvalue weighted by Crippen LogP contribution is 2.07. The fourth-order valence-corrected chi connectivity index (χ4v) is 0.848. The van der Waals surface area contributed by atoms with Crippen LogP contribution in [0.2, 0.25) is 0 Å². The second-order valence-corrected chi connectivity index (χ2v) is 2.14. The fraction of sp³-hybridized carbons (Fsp3) is 0. The van der Waals surface area contributed by atoms with Gasteiger partial charge in [0.1, 0.15) is 0 Å². The van der Waals surface area contributed by atoms with Gasteiger partial charge in [0, 0.05) is 0 Å². The first-order valence-electron chi connectivity index (χ1n) is 3.57. The number of carbonyl (C=O) groups is 2. The van der Waals surface area contributed by atoms with Gasteiger partial charge in [-0.1, -0.05) is 12.1 Å². The highest BCUT2D eigenvalue weighted by molar-refractivity contribution is 6.01. The molecule has 0 aliphatic heterocycles.